The van der Waals surface area contributed by atoms with Crippen LogP contribution in [-0.4, -0.2) is 43.2 Å². The van der Waals surface area contributed by atoms with E-state index in [2.05, 4.69) is 26.1 Å². The number of piperidine rings is 1. The first-order valence-electron chi connectivity index (χ1n) is 6.95. The summed E-state index contributed by atoms with van der Waals surface area (Å²) in [7, 11) is 2.04. The number of carbonyl (C=O) groups excluding carboxylic acids is 1. The maximum atomic E-state index is 12.4. The van der Waals surface area contributed by atoms with E-state index in [0.29, 0.717) is 13.2 Å². The van der Waals surface area contributed by atoms with Crippen molar-refractivity contribution in [1.82, 2.24) is 4.90 Å². The highest BCUT2D eigenvalue weighted by Gasteiger charge is 2.42. The SMILES string of the molecule is CCOC(=O)C1(Nc2cccc(Br)c2)CCCN(C)C1. The molecule has 1 aliphatic heterocycles. The van der Waals surface area contributed by atoms with Crippen molar-refractivity contribution < 1.29 is 9.53 Å². The topological polar surface area (TPSA) is 41.6 Å². The van der Waals surface area contributed by atoms with Crippen LogP contribution in [0.2, 0.25) is 0 Å². The Morgan fingerprint density at radius 2 is 2.35 bits per heavy atom. The van der Waals surface area contributed by atoms with Crippen molar-refractivity contribution >= 4 is 27.6 Å². The third-order valence-corrected chi connectivity index (χ3v) is 4.05. The van der Waals surface area contributed by atoms with E-state index in [0.717, 1.165) is 29.5 Å². The van der Waals surface area contributed by atoms with Crippen LogP contribution >= 0.6 is 15.9 Å². The fraction of sp³-hybridized carbons (Fsp3) is 0.533. The fourth-order valence-corrected chi connectivity index (χ4v) is 3.10. The molecule has 1 aromatic rings. The largest absolute Gasteiger partial charge is 0.464 e. The maximum absolute atomic E-state index is 12.4. The molecule has 5 heteroatoms. The van der Waals surface area contributed by atoms with Gasteiger partial charge in [0.15, 0.2) is 0 Å². The fourth-order valence-electron chi connectivity index (χ4n) is 2.70. The highest BCUT2D eigenvalue weighted by Crippen LogP contribution is 2.28. The first-order valence-corrected chi connectivity index (χ1v) is 7.74. The van der Waals surface area contributed by atoms with E-state index in [4.69, 9.17) is 4.74 Å². The monoisotopic (exact) mass is 340 g/mol. The second-order valence-electron chi connectivity index (χ2n) is 5.28. The number of nitrogens with zero attached hydrogens (tertiary/aromatic N) is 1. The molecule has 1 unspecified atom stereocenters. The van der Waals surface area contributed by atoms with Crippen LogP contribution in [-0.2, 0) is 9.53 Å². The minimum Gasteiger partial charge on any atom is -0.464 e. The van der Waals surface area contributed by atoms with Crippen molar-refractivity contribution in [3.63, 3.8) is 0 Å². The first kappa shape index (κ1) is 15.3. The van der Waals surface area contributed by atoms with Gasteiger partial charge in [0, 0.05) is 16.7 Å². The number of likely N-dealkylation sites (tertiary alicyclic amines) is 1. The predicted octanol–water partition coefficient (Wildman–Crippen LogP) is 2.89. The second kappa shape index (κ2) is 6.59. The Balaban J connectivity index is 2.24. The van der Waals surface area contributed by atoms with Crippen LogP contribution in [0.15, 0.2) is 28.7 Å². The zero-order valence-corrected chi connectivity index (χ0v) is 13.6. The molecule has 1 saturated heterocycles. The van der Waals surface area contributed by atoms with Gasteiger partial charge in [-0.3, -0.25) is 0 Å². The number of ether oxygens (including phenoxy) is 1. The number of esters is 1. The quantitative estimate of drug-likeness (QED) is 0.855. The van der Waals surface area contributed by atoms with Gasteiger partial charge >= 0.3 is 5.97 Å². The molecule has 1 fully saturated rings. The minimum atomic E-state index is -0.649. The number of nitrogens with one attached hydrogen (secondary N) is 1. The van der Waals surface area contributed by atoms with Gasteiger partial charge in [-0.25, -0.2) is 4.79 Å². The van der Waals surface area contributed by atoms with E-state index < -0.39 is 5.54 Å². The molecule has 4 nitrogen and oxygen atoms in total. The van der Waals surface area contributed by atoms with E-state index in [1.54, 1.807) is 0 Å². The third-order valence-electron chi connectivity index (χ3n) is 3.56. The zero-order chi connectivity index (χ0) is 14.6. The van der Waals surface area contributed by atoms with Crippen molar-refractivity contribution in [1.29, 1.82) is 0 Å². The van der Waals surface area contributed by atoms with Gasteiger partial charge in [0.1, 0.15) is 5.54 Å². The number of anilines is 1. The number of benzene rings is 1. The standard InChI is InChI=1S/C15H21BrN2O2/c1-3-20-14(19)15(8-5-9-18(2)11-15)17-13-7-4-6-12(16)10-13/h4,6-7,10,17H,3,5,8-9,11H2,1-2H3. The summed E-state index contributed by atoms with van der Waals surface area (Å²) in [5, 5.41) is 3.40. The normalized spacial score (nSPS) is 23.4. The molecular weight excluding hydrogens is 320 g/mol. The number of rotatable bonds is 4. The van der Waals surface area contributed by atoms with Gasteiger partial charge in [0.2, 0.25) is 0 Å². The number of hydrogen-bond donors (Lipinski definition) is 1. The molecule has 0 spiro atoms. The molecule has 0 saturated carbocycles. The van der Waals surface area contributed by atoms with Crippen molar-refractivity contribution in [2.75, 3.05) is 32.1 Å². The first-order chi connectivity index (χ1) is 9.55. The molecular formula is C15H21BrN2O2. The third kappa shape index (κ3) is 3.52. The molecule has 0 bridgehead atoms. The summed E-state index contributed by atoms with van der Waals surface area (Å²) in [6.45, 7) is 3.93. The summed E-state index contributed by atoms with van der Waals surface area (Å²) >= 11 is 3.46. The Bertz CT molecular complexity index is 481. The predicted molar refractivity (Wildman–Crippen MR) is 83.9 cm³/mol. The Kier molecular flexibility index (Phi) is 5.05. The van der Waals surface area contributed by atoms with Gasteiger partial charge in [-0.05, 0) is 51.6 Å². The van der Waals surface area contributed by atoms with E-state index in [1.165, 1.54) is 0 Å². The molecule has 0 amide bonds. The smallest absolute Gasteiger partial charge is 0.333 e. The van der Waals surface area contributed by atoms with Crippen molar-refractivity contribution in [2.45, 2.75) is 25.3 Å². The van der Waals surface area contributed by atoms with Gasteiger partial charge in [-0.15, -0.1) is 0 Å². The Hall–Kier alpha value is -1.07. The van der Waals surface area contributed by atoms with Crippen LogP contribution < -0.4 is 5.32 Å². The molecule has 0 aliphatic carbocycles. The lowest BCUT2D eigenvalue weighted by atomic mass is 9.88. The molecule has 1 N–H and O–H groups in total. The van der Waals surface area contributed by atoms with Crippen molar-refractivity contribution in [3.05, 3.63) is 28.7 Å². The second-order valence-corrected chi connectivity index (χ2v) is 6.19. The maximum Gasteiger partial charge on any atom is 0.333 e. The lowest BCUT2D eigenvalue weighted by molar-refractivity contribution is -0.150. The van der Waals surface area contributed by atoms with Crippen LogP contribution in [0.4, 0.5) is 5.69 Å². The average molecular weight is 341 g/mol. The van der Waals surface area contributed by atoms with Crippen LogP contribution in [0.1, 0.15) is 19.8 Å². The summed E-state index contributed by atoms with van der Waals surface area (Å²) in [6, 6.07) is 7.88. The molecule has 1 heterocycles. The van der Waals surface area contributed by atoms with Crippen molar-refractivity contribution in [2.24, 2.45) is 0 Å². The number of hydrogen-bond acceptors (Lipinski definition) is 4. The Morgan fingerprint density at radius 1 is 1.55 bits per heavy atom. The minimum absolute atomic E-state index is 0.161. The summed E-state index contributed by atoms with van der Waals surface area (Å²) in [4.78, 5) is 14.6. The molecule has 2 rings (SSSR count). The molecule has 110 valence electrons. The van der Waals surface area contributed by atoms with E-state index in [1.807, 2.05) is 38.2 Å². The van der Waals surface area contributed by atoms with Crippen LogP contribution in [0.3, 0.4) is 0 Å². The van der Waals surface area contributed by atoms with Crippen LogP contribution in [0.5, 0.6) is 0 Å². The molecule has 1 aliphatic rings. The number of likely N-dealkylation sites (N-methyl/N-ethyl adjacent to an activating group) is 1. The Morgan fingerprint density at radius 3 is 3.00 bits per heavy atom. The summed E-state index contributed by atoms with van der Waals surface area (Å²) in [5.41, 5.74) is 0.284. The van der Waals surface area contributed by atoms with Crippen LogP contribution in [0.25, 0.3) is 0 Å². The molecule has 1 aromatic carbocycles. The molecule has 1 atom stereocenters. The zero-order valence-electron chi connectivity index (χ0n) is 12.0. The summed E-state index contributed by atoms with van der Waals surface area (Å²) in [5.74, 6) is -0.161. The highest BCUT2D eigenvalue weighted by molar-refractivity contribution is 9.10. The lowest BCUT2D eigenvalue weighted by Gasteiger charge is -2.40. The van der Waals surface area contributed by atoms with Gasteiger partial charge < -0.3 is 15.0 Å². The number of carbonyl (C=O) groups is 1. The van der Waals surface area contributed by atoms with Gasteiger partial charge in [0.25, 0.3) is 0 Å². The molecule has 20 heavy (non-hydrogen) atoms. The van der Waals surface area contributed by atoms with E-state index >= 15 is 0 Å². The van der Waals surface area contributed by atoms with Crippen molar-refractivity contribution in [3.8, 4) is 0 Å². The van der Waals surface area contributed by atoms with Crippen LogP contribution in [0, 0.1) is 0 Å². The summed E-state index contributed by atoms with van der Waals surface area (Å²) < 4.78 is 6.29. The lowest BCUT2D eigenvalue weighted by Crippen LogP contribution is -2.57. The van der Waals surface area contributed by atoms with E-state index in [-0.39, 0.29) is 5.97 Å². The van der Waals surface area contributed by atoms with Gasteiger partial charge in [0.05, 0.1) is 6.61 Å². The Labute approximate surface area is 128 Å². The average Bonchev–Trinajstić information content (AvgIpc) is 2.39. The molecule has 0 radical (unpaired) electrons. The van der Waals surface area contributed by atoms with E-state index in [9.17, 15) is 4.79 Å². The highest BCUT2D eigenvalue weighted by atomic mass is 79.9. The molecule has 0 aromatic heterocycles. The van der Waals surface area contributed by atoms with Gasteiger partial charge in [-0.2, -0.15) is 0 Å². The van der Waals surface area contributed by atoms with Gasteiger partial charge in [-0.1, -0.05) is 22.0 Å². The number of halogens is 1. The summed E-state index contributed by atoms with van der Waals surface area (Å²) in [6.07, 6.45) is 1.78.